The van der Waals surface area contributed by atoms with E-state index in [1.54, 1.807) is 35.6 Å². The summed E-state index contributed by atoms with van der Waals surface area (Å²) in [5, 5.41) is 5.76. The van der Waals surface area contributed by atoms with E-state index in [-0.39, 0.29) is 11.8 Å². The number of hydrogen-bond donors (Lipinski definition) is 1. The number of thiophene rings is 1. The summed E-state index contributed by atoms with van der Waals surface area (Å²) in [6, 6.07) is 15.0. The van der Waals surface area contributed by atoms with Crippen molar-refractivity contribution in [3.8, 4) is 0 Å². The molecule has 4 nitrogen and oxygen atoms in total. The molecule has 0 saturated heterocycles. The minimum Gasteiger partial charge on any atom is -0.339 e. The van der Waals surface area contributed by atoms with Crippen LogP contribution in [-0.4, -0.2) is 29.8 Å². The van der Waals surface area contributed by atoms with Crippen LogP contribution in [0.4, 0.5) is 5.69 Å². The summed E-state index contributed by atoms with van der Waals surface area (Å²) in [6.45, 7) is 5.66. The number of anilines is 1. The van der Waals surface area contributed by atoms with Crippen molar-refractivity contribution in [3.05, 3.63) is 65.0 Å². The minimum atomic E-state index is -0.134. The van der Waals surface area contributed by atoms with Crippen LogP contribution in [-0.2, 0) is 0 Å². The normalized spacial score (nSPS) is 10.7. The van der Waals surface area contributed by atoms with Gasteiger partial charge in [0.25, 0.3) is 11.8 Å². The van der Waals surface area contributed by atoms with Gasteiger partial charge in [0.15, 0.2) is 0 Å². The molecule has 3 rings (SSSR count). The van der Waals surface area contributed by atoms with Crippen LogP contribution in [0.25, 0.3) is 10.1 Å². The molecule has 0 saturated carbocycles. The number of nitrogens with one attached hydrogen (secondary N) is 1. The third kappa shape index (κ3) is 4.37. The summed E-state index contributed by atoms with van der Waals surface area (Å²) in [5.74, 6) is -0.0921. The average Bonchev–Trinajstić information content (AvgIpc) is 3.12. The maximum absolute atomic E-state index is 12.6. The zero-order chi connectivity index (χ0) is 19.2. The quantitative estimate of drug-likeness (QED) is 0.595. The Morgan fingerprint density at radius 3 is 2.30 bits per heavy atom. The van der Waals surface area contributed by atoms with Crippen molar-refractivity contribution in [1.82, 2.24) is 4.90 Å². The van der Waals surface area contributed by atoms with Crippen LogP contribution in [0.3, 0.4) is 0 Å². The molecule has 0 radical (unpaired) electrons. The molecule has 3 aromatic rings. The summed E-state index contributed by atoms with van der Waals surface area (Å²) in [4.78, 5) is 27.1. The summed E-state index contributed by atoms with van der Waals surface area (Å²) in [6.07, 6.45) is 1.88. The largest absolute Gasteiger partial charge is 0.339 e. The van der Waals surface area contributed by atoms with Gasteiger partial charge in [-0.3, -0.25) is 9.59 Å². The SMILES string of the molecule is CCCN(CCC)C(=O)c1ccc(NC(=O)c2csc3ccccc23)cc1. The van der Waals surface area contributed by atoms with Crippen LogP contribution in [0, 0.1) is 0 Å². The minimum absolute atomic E-state index is 0.0420. The van der Waals surface area contributed by atoms with Gasteiger partial charge in [0.05, 0.1) is 5.56 Å². The predicted molar refractivity (Wildman–Crippen MR) is 113 cm³/mol. The van der Waals surface area contributed by atoms with Gasteiger partial charge < -0.3 is 10.2 Å². The Morgan fingerprint density at radius 2 is 1.63 bits per heavy atom. The van der Waals surface area contributed by atoms with Crippen LogP contribution in [0.15, 0.2) is 53.9 Å². The highest BCUT2D eigenvalue weighted by atomic mass is 32.1. The third-order valence-corrected chi connectivity index (χ3v) is 5.35. The summed E-state index contributed by atoms with van der Waals surface area (Å²) < 4.78 is 1.09. The van der Waals surface area contributed by atoms with E-state index in [9.17, 15) is 9.59 Å². The maximum atomic E-state index is 12.6. The highest BCUT2D eigenvalue weighted by Gasteiger charge is 2.15. The highest BCUT2D eigenvalue weighted by Crippen LogP contribution is 2.26. The molecule has 1 heterocycles. The highest BCUT2D eigenvalue weighted by molar-refractivity contribution is 7.17. The number of carbonyl (C=O) groups is 2. The smallest absolute Gasteiger partial charge is 0.257 e. The molecule has 2 aromatic carbocycles. The fourth-order valence-electron chi connectivity index (χ4n) is 3.09. The van der Waals surface area contributed by atoms with Crippen LogP contribution in [0.5, 0.6) is 0 Å². The first-order chi connectivity index (χ1) is 13.1. The average molecular weight is 381 g/mol. The van der Waals surface area contributed by atoms with Gasteiger partial charge in [0.1, 0.15) is 0 Å². The van der Waals surface area contributed by atoms with E-state index in [0.717, 1.165) is 36.0 Å². The Kier molecular flexibility index (Phi) is 6.24. The standard InChI is InChI=1S/C22H24N2O2S/c1-3-13-24(14-4-2)22(26)16-9-11-17(12-10-16)23-21(25)19-15-27-20-8-6-5-7-18(19)20/h5-12,15H,3-4,13-14H2,1-2H3,(H,23,25). The molecule has 0 spiro atoms. The van der Waals surface area contributed by atoms with E-state index in [1.165, 1.54) is 0 Å². The van der Waals surface area contributed by atoms with Crippen LogP contribution in [0.2, 0.25) is 0 Å². The molecule has 0 atom stereocenters. The van der Waals surface area contributed by atoms with Crippen molar-refractivity contribution < 1.29 is 9.59 Å². The fourth-order valence-corrected chi connectivity index (χ4v) is 4.03. The summed E-state index contributed by atoms with van der Waals surface area (Å²) >= 11 is 1.56. The fraction of sp³-hybridized carbons (Fsp3) is 0.273. The third-order valence-electron chi connectivity index (χ3n) is 4.39. The number of benzene rings is 2. The van der Waals surface area contributed by atoms with Crippen LogP contribution in [0.1, 0.15) is 47.4 Å². The van der Waals surface area contributed by atoms with E-state index >= 15 is 0 Å². The molecule has 0 aliphatic rings. The monoisotopic (exact) mass is 380 g/mol. The molecule has 140 valence electrons. The molecular weight excluding hydrogens is 356 g/mol. The lowest BCUT2D eigenvalue weighted by molar-refractivity contribution is 0.0755. The number of amides is 2. The Labute approximate surface area is 163 Å². The lowest BCUT2D eigenvalue weighted by Gasteiger charge is -2.21. The Bertz CT molecular complexity index is 925. The summed E-state index contributed by atoms with van der Waals surface area (Å²) in [5.41, 5.74) is 2.01. The van der Waals surface area contributed by atoms with Gasteiger partial charge in [-0.2, -0.15) is 0 Å². The molecule has 0 aliphatic heterocycles. The van der Waals surface area contributed by atoms with Crippen molar-refractivity contribution in [2.75, 3.05) is 18.4 Å². The second-order valence-electron chi connectivity index (χ2n) is 6.47. The maximum Gasteiger partial charge on any atom is 0.257 e. The molecule has 5 heteroatoms. The Morgan fingerprint density at radius 1 is 0.963 bits per heavy atom. The molecule has 0 aliphatic carbocycles. The number of rotatable bonds is 7. The van der Waals surface area contributed by atoms with Crippen LogP contribution < -0.4 is 5.32 Å². The lowest BCUT2D eigenvalue weighted by Crippen LogP contribution is -2.32. The van der Waals surface area contributed by atoms with Gasteiger partial charge in [0, 0.05) is 39.8 Å². The van der Waals surface area contributed by atoms with Gasteiger partial charge in [-0.15, -0.1) is 11.3 Å². The lowest BCUT2D eigenvalue weighted by atomic mass is 10.1. The molecule has 2 amide bonds. The number of fused-ring (bicyclic) bond motifs is 1. The Balaban J connectivity index is 1.72. The van der Waals surface area contributed by atoms with E-state index in [2.05, 4.69) is 19.2 Å². The van der Waals surface area contributed by atoms with E-state index in [0.29, 0.717) is 16.8 Å². The predicted octanol–water partition coefficient (Wildman–Crippen LogP) is 5.42. The van der Waals surface area contributed by atoms with Crippen molar-refractivity contribution in [1.29, 1.82) is 0 Å². The Hall–Kier alpha value is -2.66. The van der Waals surface area contributed by atoms with Crippen molar-refractivity contribution in [2.24, 2.45) is 0 Å². The van der Waals surface area contributed by atoms with Gasteiger partial charge in [-0.05, 0) is 43.2 Å². The molecule has 1 aromatic heterocycles. The molecule has 27 heavy (non-hydrogen) atoms. The first-order valence-corrected chi connectivity index (χ1v) is 10.2. The zero-order valence-corrected chi connectivity index (χ0v) is 16.5. The van der Waals surface area contributed by atoms with E-state index < -0.39 is 0 Å². The van der Waals surface area contributed by atoms with E-state index in [4.69, 9.17) is 0 Å². The van der Waals surface area contributed by atoms with Gasteiger partial charge in [0.2, 0.25) is 0 Å². The molecule has 0 bridgehead atoms. The number of nitrogens with zero attached hydrogens (tertiary/aromatic N) is 1. The van der Waals surface area contributed by atoms with Gasteiger partial charge >= 0.3 is 0 Å². The van der Waals surface area contributed by atoms with Crippen molar-refractivity contribution in [3.63, 3.8) is 0 Å². The van der Waals surface area contributed by atoms with Gasteiger partial charge in [-0.25, -0.2) is 0 Å². The first kappa shape index (κ1) is 19.1. The number of carbonyl (C=O) groups excluding carboxylic acids is 2. The first-order valence-electron chi connectivity index (χ1n) is 9.31. The zero-order valence-electron chi connectivity index (χ0n) is 15.7. The summed E-state index contributed by atoms with van der Waals surface area (Å²) in [7, 11) is 0. The molecular formula is C22H24N2O2S. The van der Waals surface area contributed by atoms with Crippen molar-refractivity contribution in [2.45, 2.75) is 26.7 Å². The topological polar surface area (TPSA) is 49.4 Å². The molecule has 0 fully saturated rings. The second-order valence-corrected chi connectivity index (χ2v) is 7.38. The van der Waals surface area contributed by atoms with Crippen LogP contribution >= 0.6 is 11.3 Å². The number of hydrogen-bond acceptors (Lipinski definition) is 3. The second kappa shape index (κ2) is 8.82. The molecule has 1 N–H and O–H groups in total. The van der Waals surface area contributed by atoms with Crippen molar-refractivity contribution >= 4 is 38.9 Å². The molecule has 0 unspecified atom stereocenters. The van der Waals surface area contributed by atoms with E-state index in [1.807, 2.05) is 34.5 Å². The van der Waals surface area contributed by atoms with Gasteiger partial charge in [-0.1, -0.05) is 32.0 Å².